The number of hydrogen-bond donors (Lipinski definition) is 0. The van der Waals surface area contributed by atoms with Crippen molar-refractivity contribution >= 4 is 5.78 Å². The number of fused-ring (bicyclic) bond motifs is 1. The van der Waals surface area contributed by atoms with Gasteiger partial charge in [-0.15, -0.1) is 0 Å². The van der Waals surface area contributed by atoms with E-state index in [1.54, 1.807) is 0 Å². The van der Waals surface area contributed by atoms with Crippen molar-refractivity contribution in [2.45, 2.75) is 46.0 Å². The van der Waals surface area contributed by atoms with Crippen LogP contribution in [0.3, 0.4) is 0 Å². The number of ketones is 1. The normalized spacial score (nSPS) is 34.9. The number of carbonyl (C=O) groups excluding carboxylic acids is 1. The molecule has 0 amide bonds. The van der Waals surface area contributed by atoms with Crippen molar-refractivity contribution in [3.63, 3.8) is 0 Å². The topological polar surface area (TPSA) is 17.1 Å². The van der Waals surface area contributed by atoms with E-state index in [0.717, 1.165) is 30.2 Å². The lowest BCUT2D eigenvalue weighted by molar-refractivity contribution is 0.0764. The molecule has 3 rings (SSSR count). The minimum Gasteiger partial charge on any atom is -0.294 e. The first-order valence-corrected chi connectivity index (χ1v) is 7.77. The molecule has 0 radical (unpaired) electrons. The molecule has 102 valence electrons. The van der Waals surface area contributed by atoms with Gasteiger partial charge in [-0.25, -0.2) is 0 Å². The maximum Gasteiger partial charge on any atom is 0.166 e. The molecule has 0 N–H and O–H groups in total. The molecule has 3 atom stereocenters. The molecule has 1 aromatic carbocycles. The standard InChI is InChI=1S/C18H24O/c1-12-9-13(2)11-15(10-12)17-8-7-14-5-3-4-6-16(14)18(17)19/h3-6,12-13,15,17H,7-11H2,1-2H3. The molecule has 1 aromatic rings. The molecule has 1 saturated carbocycles. The summed E-state index contributed by atoms with van der Waals surface area (Å²) in [7, 11) is 0. The van der Waals surface area contributed by atoms with E-state index in [2.05, 4.69) is 26.0 Å². The van der Waals surface area contributed by atoms with Crippen molar-refractivity contribution < 1.29 is 4.79 Å². The van der Waals surface area contributed by atoms with Crippen molar-refractivity contribution in [2.75, 3.05) is 0 Å². The molecule has 3 unspecified atom stereocenters. The molecule has 2 aliphatic carbocycles. The summed E-state index contributed by atoms with van der Waals surface area (Å²) in [4.78, 5) is 12.7. The van der Waals surface area contributed by atoms with Crippen LogP contribution in [-0.4, -0.2) is 5.78 Å². The van der Waals surface area contributed by atoms with E-state index in [-0.39, 0.29) is 0 Å². The highest BCUT2D eigenvalue weighted by Gasteiger charge is 2.36. The Kier molecular flexibility index (Phi) is 3.47. The second kappa shape index (κ2) is 5.11. The van der Waals surface area contributed by atoms with Gasteiger partial charge in [-0.05, 0) is 55.4 Å². The Morgan fingerprint density at radius 3 is 2.42 bits per heavy atom. The number of hydrogen-bond acceptors (Lipinski definition) is 1. The lowest BCUT2D eigenvalue weighted by atomic mass is 9.66. The molecular weight excluding hydrogens is 232 g/mol. The van der Waals surface area contributed by atoms with Crippen molar-refractivity contribution in [1.82, 2.24) is 0 Å². The molecule has 0 aromatic heterocycles. The monoisotopic (exact) mass is 256 g/mol. The summed E-state index contributed by atoms with van der Waals surface area (Å²) in [5.74, 6) is 2.92. The summed E-state index contributed by atoms with van der Waals surface area (Å²) in [6.07, 6.45) is 6.01. The van der Waals surface area contributed by atoms with Gasteiger partial charge < -0.3 is 0 Å². The molecule has 0 aliphatic heterocycles. The SMILES string of the molecule is CC1CC(C)CC(C2CCc3ccccc3C2=O)C1. The highest BCUT2D eigenvalue weighted by atomic mass is 16.1. The van der Waals surface area contributed by atoms with Crippen molar-refractivity contribution in [3.05, 3.63) is 35.4 Å². The molecule has 1 heteroatoms. The van der Waals surface area contributed by atoms with Crippen LogP contribution in [0.2, 0.25) is 0 Å². The summed E-state index contributed by atoms with van der Waals surface area (Å²) in [5.41, 5.74) is 2.27. The molecule has 1 fully saturated rings. The lowest BCUT2D eigenvalue weighted by Crippen LogP contribution is -2.33. The molecular formula is C18H24O. The summed E-state index contributed by atoms with van der Waals surface area (Å²) in [6.45, 7) is 4.70. The number of rotatable bonds is 1. The van der Waals surface area contributed by atoms with Gasteiger partial charge in [0.2, 0.25) is 0 Å². The first-order valence-electron chi connectivity index (χ1n) is 7.77. The van der Waals surface area contributed by atoms with E-state index in [1.807, 2.05) is 12.1 Å². The van der Waals surface area contributed by atoms with E-state index in [9.17, 15) is 4.79 Å². The van der Waals surface area contributed by atoms with Gasteiger partial charge in [0.05, 0.1) is 0 Å². The fourth-order valence-corrected chi connectivity index (χ4v) is 4.41. The minimum absolute atomic E-state index is 0.292. The highest BCUT2D eigenvalue weighted by molar-refractivity contribution is 6.00. The summed E-state index contributed by atoms with van der Waals surface area (Å²) < 4.78 is 0. The Hall–Kier alpha value is -1.11. The van der Waals surface area contributed by atoms with Crippen LogP contribution < -0.4 is 0 Å². The first kappa shape index (κ1) is 12.9. The van der Waals surface area contributed by atoms with Crippen LogP contribution in [0.1, 0.15) is 55.5 Å². The van der Waals surface area contributed by atoms with Crippen LogP contribution in [0.5, 0.6) is 0 Å². The van der Waals surface area contributed by atoms with Gasteiger partial charge in [-0.2, -0.15) is 0 Å². The number of aryl methyl sites for hydroxylation is 1. The molecule has 0 saturated heterocycles. The molecule has 0 bridgehead atoms. The minimum atomic E-state index is 0.292. The Morgan fingerprint density at radius 2 is 1.68 bits per heavy atom. The largest absolute Gasteiger partial charge is 0.294 e. The van der Waals surface area contributed by atoms with Crippen LogP contribution in [0.15, 0.2) is 24.3 Å². The Balaban J connectivity index is 1.82. The predicted octanol–water partition coefficient (Wildman–Crippen LogP) is 4.50. The quantitative estimate of drug-likeness (QED) is 0.723. The van der Waals surface area contributed by atoms with E-state index >= 15 is 0 Å². The van der Waals surface area contributed by atoms with E-state index in [0.29, 0.717) is 17.6 Å². The van der Waals surface area contributed by atoms with Crippen molar-refractivity contribution in [1.29, 1.82) is 0 Å². The Bertz CT molecular complexity index is 466. The third-order valence-corrected chi connectivity index (χ3v) is 5.13. The summed E-state index contributed by atoms with van der Waals surface area (Å²) >= 11 is 0. The second-order valence-electron chi connectivity index (χ2n) is 6.84. The zero-order valence-electron chi connectivity index (χ0n) is 12.1. The van der Waals surface area contributed by atoms with Crippen LogP contribution in [0.25, 0.3) is 0 Å². The third-order valence-electron chi connectivity index (χ3n) is 5.13. The van der Waals surface area contributed by atoms with E-state index in [1.165, 1.54) is 24.8 Å². The smallest absolute Gasteiger partial charge is 0.166 e. The molecule has 0 heterocycles. The maximum absolute atomic E-state index is 12.7. The second-order valence-corrected chi connectivity index (χ2v) is 6.84. The van der Waals surface area contributed by atoms with Crippen LogP contribution >= 0.6 is 0 Å². The molecule has 19 heavy (non-hydrogen) atoms. The van der Waals surface area contributed by atoms with Gasteiger partial charge >= 0.3 is 0 Å². The fourth-order valence-electron chi connectivity index (χ4n) is 4.41. The maximum atomic E-state index is 12.7. The van der Waals surface area contributed by atoms with Gasteiger partial charge in [-0.3, -0.25) is 4.79 Å². The first-order chi connectivity index (χ1) is 9.15. The van der Waals surface area contributed by atoms with Crippen molar-refractivity contribution in [3.8, 4) is 0 Å². The average Bonchev–Trinajstić information content (AvgIpc) is 2.38. The molecule has 0 spiro atoms. The summed E-state index contributed by atoms with van der Waals surface area (Å²) in [5, 5.41) is 0. The third kappa shape index (κ3) is 2.48. The lowest BCUT2D eigenvalue weighted by Gasteiger charge is -2.37. The zero-order chi connectivity index (χ0) is 13.4. The molecule has 2 aliphatic rings. The highest BCUT2D eigenvalue weighted by Crippen LogP contribution is 2.41. The van der Waals surface area contributed by atoms with Gasteiger partial charge in [-0.1, -0.05) is 38.1 Å². The molecule has 1 nitrogen and oxygen atoms in total. The Labute approximate surface area is 116 Å². The van der Waals surface area contributed by atoms with Crippen LogP contribution in [-0.2, 0) is 6.42 Å². The Morgan fingerprint density at radius 1 is 1.00 bits per heavy atom. The van der Waals surface area contributed by atoms with Crippen LogP contribution in [0.4, 0.5) is 0 Å². The number of benzene rings is 1. The number of Topliss-reactive ketones (excluding diaryl/α,β-unsaturated/α-hetero) is 1. The van der Waals surface area contributed by atoms with Gasteiger partial charge in [0.15, 0.2) is 5.78 Å². The van der Waals surface area contributed by atoms with Crippen molar-refractivity contribution in [2.24, 2.45) is 23.7 Å². The van der Waals surface area contributed by atoms with Gasteiger partial charge in [0.25, 0.3) is 0 Å². The average molecular weight is 256 g/mol. The van der Waals surface area contributed by atoms with Gasteiger partial charge in [0.1, 0.15) is 0 Å². The zero-order valence-corrected chi connectivity index (χ0v) is 12.1. The van der Waals surface area contributed by atoms with Gasteiger partial charge in [0, 0.05) is 11.5 Å². The summed E-state index contributed by atoms with van der Waals surface area (Å²) in [6, 6.07) is 8.21. The predicted molar refractivity (Wildman–Crippen MR) is 78.3 cm³/mol. The van der Waals surface area contributed by atoms with Crippen LogP contribution in [0, 0.1) is 23.7 Å². The van der Waals surface area contributed by atoms with E-state index in [4.69, 9.17) is 0 Å². The fraction of sp³-hybridized carbons (Fsp3) is 0.611. The van der Waals surface area contributed by atoms with E-state index < -0.39 is 0 Å². The number of carbonyl (C=O) groups is 1.